The monoisotopic (exact) mass is 306 g/mol. The van der Waals surface area contributed by atoms with Gasteiger partial charge in [-0.15, -0.1) is 0 Å². The van der Waals surface area contributed by atoms with Crippen molar-refractivity contribution in [3.05, 3.63) is 35.9 Å². The summed E-state index contributed by atoms with van der Waals surface area (Å²) in [6.45, 7) is 6.14. The summed E-state index contributed by atoms with van der Waals surface area (Å²) in [5.74, 6) is 0. The Bertz CT molecular complexity index is 512. The van der Waals surface area contributed by atoms with Crippen LogP contribution in [0.3, 0.4) is 0 Å². The Hall–Kier alpha value is -1.59. The van der Waals surface area contributed by atoms with Crippen molar-refractivity contribution in [2.24, 2.45) is 5.73 Å². The lowest BCUT2D eigenvalue weighted by molar-refractivity contribution is -0.0426. The predicted octanol–water partition coefficient (Wildman–Crippen LogP) is 2.23. The molecule has 1 heterocycles. The largest absolute Gasteiger partial charge is 0.444 e. The number of benzene rings is 1. The van der Waals surface area contributed by atoms with Crippen LogP contribution in [0.2, 0.25) is 0 Å². The summed E-state index contributed by atoms with van der Waals surface area (Å²) < 4.78 is 5.46. The fourth-order valence-electron chi connectivity index (χ4n) is 2.98. The van der Waals surface area contributed by atoms with Crippen LogP contribution in [0.15, 0.2) is 30.3 Å². The number of nitrogens with two attached hydrogens (primary N) is 1. The highest BCUT2D eigenvalue weighted by atomic mass is 16.6. The van der Waals surface area contributed by atoms with Gasteiger partial charge in [-0.3, -0.25) is 0 Å². The quantitative estimate of drug-likeness (QED) is 0.898. The second kappa shape index (κ2) is 6.26. The van der Waals surface area contributed by atoms with Crippen molar-refractivity contribution in [3.63, 3.8) is 0 Å². The SMILES string of the molecule is CC(C)(C)OC(=O)N1CCCC1C(O)(CN)c1ccccc1. The van der Waals surface area contributed by atoms with Gasteiger partial charge in [0.2, 0.25) is 0 Å². The molecule has 3 N–H and O–H groups in total. The highest BCUT2D eigenvalue weighted by Gasteiger charge is 2.46. The van der Waals surface area contributed by atoms with Gasteiger partial charge in [0.05, 0.1) is 6.04 Å². The van der Waals surface area contributed by atoms with E-state index < -0.39 is 17.3 Å². The summed E-state index contributed by atoms with van der Waals surface area (Å²) in [5.41, 5.74) is 4.80. The number of nitrogens with zero attached hydrogens (tertiary/aromatic N) is 1. The molecule has 1 aromatic carbocycles. The Morgan fingerprint density at radius 2 is 2.00 bits per heavy atom. The molecule has 1 aliphatic heterocycles. The number of aliphatic hydroxyl groups is 1. The molecule has 1 aliphatic rings. The Labute approximate surface area is 132 Å². The summed E-state index contributed by atoms with van der Waals surface area (Å²) in [6.07, 6.45) is 1.15. The maximum atomic E-state index is 12.4. The van der Waals surface area contributed by atoms with E-state index in [1.165, 1.54) is 0 Å². The molecule has 22 heavy (non-hydrogen) atoms. The highest BCUT2D eigenvalue weighted by Crippen LogP contribution is 2.35. The first-order valence-electron chi connectivity index (χ1n) is 7.75. The Kier molecular flexibility index (Phi) is 4.78. The van der Waals surface area contributed by atoms with Gasteiger partial charge in [0.25, 0.3) is 0 Å². The zero-order valence-corrected chi connectivity index (χ0v) is 13.6. The average Bonchev–Trinajstić information content (AvgIpc) is 2.95. The maximum Gasteiger partial charge on any atom is 0.410 e. The molecule has 0 aliphatic carbocycles. The van der Waals surface area contributed by atoms with E-state index in [1.54, 1.807) is 4.90 Å². The first kappa shape index (κ1) is 16.8. The molecule has 0 radical (unpaired) electrons. The smallest absolute Gasteiger partial charge is 0.410 e. The van der Waals surface area contributed by atoms with E-state index in [0.717, 1.165) is 12.0 Å². The van der Waals surface area contributed by atoms with Crippen LogP contribution in [0.1, 0.15) is 39.2 Å². The topological polar surface area (TPSA) is 75.8 Å². The third kappa shape index (κ3) is 3.42. The van der Waals surface area contributed by atoms with Gasteiger partial charge in [-0.05, 0) is 39.2 Å². The number of amides is 1. The van der Waals surface area contributed by atoms with Gasteiger partial charge in [0.1, 0.15) is 11.2 Å². The summed E-state index contributed by atoms with van der Waals surface area (Å²) in [5, 5.41) is 11.1. The van der Waals surface area contributed by atoms with E-state index >= 15 is 0 Å². The van der Waals surface area contributed by atoms with E-state index in [0.29, 0.717) is 13.0 Å². The first-order valence-corrected chi connectivity index (χ1v) is 7.75. The summed E-state index contributed by atoms with van der Waals surface area (Å²) in [6, 6.07) is 8.94. The van der Waals surface area contributed by atoms with Crippen molar-refractivity contribution >= 4 is 6.09 Å². The fourth-order valence-corrected chi connectivity index (χ4v) is 2.98. The number of rotatable bonds is 3. The Balaban J connectivity index is 2.26. The maximum absolute atomic E-state index is 12.4. The van der Waals surface area contributed by atoms with Gasteiger partial charge in [-0.1, -0.05) is 30.3 Å². The van der Waals surface area contributed by atoms with Crippen molar-refractivity contribution in [1.82, 2.24) is 4.90 Å². The minimum atomic E-state index is -1.26. The fraction of sp³-hybridized carbons (Fsp3) is 0.588. The second-order valence-corrected chi connectivity index (χ2v) is 6.83. The first-order chi connectivity index (χ1) is 10.3. The van der Waals surface area contributed by atoms with E-state index in [1.807, 2.05) is 51.1 Å². The van der Waals surface area contributed by atoms with Crippen LogP contribution in [-0.4, -0.2) is 40.8 Å². The van der Waals surface area contributed by atoms with Crippen LogP contribution in [0.25, 0.3) is 0 Å². The van der Waals surface area contributed by atoms with Gasteiger partial charge in [0.15, 0.2) is 0 Å². The molecule has 5 heteroatoms. The van der Waals surface area contributed by atoms with Crippen LogP contribution in [-0.2, 0) is 10.3 Å². The van der Waals surface area contributed by atoms with Crippen molar-refractivity contribution < 1.29 is 14.6 Å². The number of hydrogen-bond donors (Lipinski definition) is 2. The molecule has 0 spiro atoms. The summed E-state index contributed by atoms with van der Waals surface area (Å²) in [4.78, 5) is 14.0. The average molecular weight is 306 g/mol. The highest BCUT2D eigenvalue weighted by molar-refractivity contribution is 5.69. The van der Waals surface area contributed by atoms with Crippen molar-refractivity contribution in [1.29, 1.82) is 0 Å². The summed E-state index contributed by atoms with van der Waals surface area (Å²) in [7, 11) is 0. The molecule has 0 aromatic heterocycles. The molecule has 0 bridgehead atoms. The lowest BCUT2D eigenvalue weighted by atomic mass is 9.85. The minimum Gasteiger partial charge on any atom is -0.444 e. The number of hydrogen-bond acceptors (Lipinski definition) is 4. The van der Waals surface area contributed by atoms with Crippen molar-refractivity contribution in [3.8, 4) is 0 Å². The van der Waals surface area contributed by atoms with Crippen LogP contribution in [0, 0.1) is 0 Å². The number of carbonyl (C=O) groups excluding carboxylic acids is 1. The molecule has 1 fully saturated rings. The van der Waals surface area contributed by atoms with E-state index in [-0.39, 0.29) is 12.6 Å². The van der Waals surface area contributed by atoms with E-state index in [4.69, 9.17) is 10.5 Å². The molecule has 1 aromatic rings. The van der Waals surface area contributed by atoms with Gasteiger partial charge < -0.3 is 20.5 Å². The minimum absolute atomic E-state index is 0.0565. The molecule has 122 valence electrons. The second-order valence-electron chi connectivity index (χ2n) is 6.83. The van der Waals surface area contributed by atoms with E-state index in [9.17, 15) is 9.90 Å². The zero-order valence-electron chi connectivity index (χ0n) is 13.6. The number of carbonyl (C=O) groups is 1. The van der Waals surface area contributed by atoms with Gasteiger partial charge in [0, 0.05) is 13.1 Å². The molecule has 2 rings (SSSR count). The van der Waals surface area contributed by atoms with Crippen LogP contribution in [0.4, 0.5) is 4.79 Å². The predicted molar refractivity (Wildman–Crippen MR) is 85.4 cm³/mol. The molecular weight excluding hydrogens is 280 g/mol. The molecule has 1 amide bonds. The van der Waals surface area contributed by atoms with Crippen LogP contribution >= 0.6 is 0 Å². The van der Waals surface area contributed by atoms with Gasteiger partial charge >= 0.3 is 6.09 Å². The third-order valence-corrected chi connectivity index (χ3v) is 4.02. The van der Waals surface area contributed by atoms with E-state index in [2.05, 4.69) is 0 Å². The Morgan fingerprint density at radius 3 is 2.55 bits per heavy atom. The van der Waals surface area contributed by atoms with Gasteiger partial charge in [-0.2, -0.15) is 0 Å². The standard InChI is InChI=1S/C17H26N2O3/c1-16(2,3)22-15(20)19-11-7-10-14(19)17(21,12-18)13-8-5-4-6-9-13/h4-6,8-9,14,21H,7,10-12,18H2,1-3H3. The number of ether oxygens (including phenoxy) is 1. The molecule has 2 atom stereocenters. The lowest BCUT2D eigenvalue weighted by Gasteiger charge is -2.39. The van der Waals surface area contributed by atoms with Crippen molar-refractivity contribution in [2.75, 3.05) is 13.1 Å². The zero-order chi connectivity index (χ0) is 16.4. The molecule has 2 unspecified atom stereocenters. The van der Waals surface area contributed by atoms with Crippen LogP contribution in [0.5, 0.6) is 0 Å². The summed E-state index contributed by atoms with van der Waals surface area (Å²) >= 11 is 0. The normalized spacial score (nSPS) is 21.5. The third-order valence-electron chi connectivity index (χ3n) is 4.02. The van der Waals surface area contributed by atoms with Gasteiger partial charge in [-0.25, -0.2) is 4.79 Å². The van der Waals surface area contributed by atoms with Crippen LogP contribution < -0.4 is 5.73 Å². The molecule has 1 saturated heterocycles. The lowest BCUT2D eigenvalue weighted by Crippen LogP contribution is -2.54. The van der Waals surface area contributed by atoms with Crippen molar-refractivity contribution in [2.45, 2.75) is 50.9 Å². The molecule has 5 nitrogen and oxygen atoms in total. The molecular formula is C17H26N2O3. The molecule has 0 saturated carbocycles. The number of likely N-dealkylation sites (tertiary alicyclic amines) is 1. The Morgan fingerprint density at radius 1 is 1.36 bits per heavy atom.